The summed E-state index contributed by atoms with van der Waals surface area (Å²) < 4.78 is 5.96. The molecule has 1 amide bonds. The molecule has 0 saturated heterocycles. The van der Waals surface area contributed by atoms with Gasteiger partial charge in [-0.2, -0.15) is 0 Å². The second-order valence-corrected chi connectivity index (χ2v) is 6.98. The number of hydrogen-bond acceptors (Lipinski definition) is 5. The van der Waals surface area contributed by atoms with E-state index in [1.165, 1.54) is 22.2 Å². The van der Waals surface area contributed by atoms with Crippen LogP contribution in [0.1, 0.15) is 16.7 Å². The topological polar surface area (TPSA) is 90.8 Å². The van der Waals surface area contributed by atoms with Gasteiger partial charge in [0.15, 0.2) is 0 Å². The maximum Gasteiger partial charge on any atom is 0.262 e. The zero-order valence-electron chi connectivity index (χ0n) is 16.8. The average Bonchev–Trinajstić information content (AvgIpc) is 2.80. The fourth-order valence-electron chi connectivity index (χ4n) is 3.19. The Labute approximate surface area is 176 Å². The summed E-state index contributed by atoms with van der Waals surface area (Å²) in [6.07, 6.45) is 0. The van der Waals surface area contributed by atoms with Gasteiger partial charge in [-0.1, -0.05) is 60.7 Å². The molecule has 3 rings (SSSR count). The van der Waals surface area contributed by atoms with E-state index in [0.717, 1.165) is 16.9 Å². The number of carbonyl (C=O) groups excluding carboxylic acids is 1. The van der Waals surface area contributed by atoms with Crippen molar-refractivity contribution < 1.29 is 19.8 Å². The van der Waals surface area contributed by atoms with E-state index in [0.29, 0.717) is 13.2 Å². The molecular weight excluding hydrogens is 380 g/mol. The molecule has 0 radical (unpaired) electrons. The number of nitrogens with one attached hydrogen (secondary N) is 2. The van der Waals surface area contributed by atoms with Crippen molar-refractivity contribution in [1.29, 1.82) is 0 Å². The molecule has 30 heavy (non-hydrogen) atoms. The predicted molar refractivity (Wildman–Crippen MR) is 115 cm³/mol. The van der Waals surface area contributed by atoms with Crippen LogP contribution in [-0.2, 0) is 17.9 Å². The molecule has 1 unspecified atom stereocenters. The van der Waals surface area contributed by atoms with E-state index in [4.69, 9.17) is 9.94 Å². The molecule has 156 valence electrons. The van der Waals surface area contributed by atoms with Gasteiger partial charge in [-0.25, -0.2) is 5.48 Å². The van der Waals surface area contributed by atoms with Crippen molar-refractivity contribution in [2.45, 2.75) is 26.1 Å². The first-order valence-electron chi connectivity index (χ1n) is 9.76. The van der Waals surface area contributed by atoms with Gasteiger partial charge in [0.05, 0.1) is 6.61 Å². The van der Waals surface area contributed by atoms with Gasteiger partial charge in [-0.3, -0.25) is 15.3 Å². The van der Waals surface area contributed by atoms with Crippen LogP contribution in [0.25, 0.3) is 11.1 Å². The highest BCUT2D eigenvalue weighted by atomic mass is 16.5. The van der Waals surface area contributed by atoms with Crippen LogP contribution in [0.2, 0.25) is 0 Å². The molecule has 3 aromatic rings. The number of hydroxylamine groups is 1. The molecule has 0 aliphatic rings. The van der Waals surface area contributed by atoms with Crippen LogP contribution in [0.3, 0.4) is 0 Å². The largest absolute Gasteiger partial charge is 0.489 e. The van der Waals surface area contributed by atoms with Gasteiger partial charge in [0.25, 0.3) is 5.91 Å². The highest BCUT2D eigenvalue weighted by Gasteiger charge is 2.15. The normalized spacial score (nSPS) is 11.7. The van der Waals surface area contributed by atoms with Gasteiger partial charge in [0.1, 0.15) is 18.4 Å². The van der Waals surface area contributed by atoms with Gasteiger partial charge >= 0.3 is 0 Å². The van der Waals surface area contributed by atoms with Crippen LogP contribution in [0.5, 0.6) is 5.75 Å². The summed E-state index contributed by atoms with van der Waals surface area (Å²) in [5, 5.41) is 20.7. The molecule has 4 N–H and O–H groups in total. The summed E-state index contributed by atoms with van der Waals surface area (Å²) >= 11 is 0. The van der Waals surface area contributed by atoms with Crippen molar-refractivity contribution in [1.82, 2.24) is 10.8 Å². The second-order valence-electron chi connectivity index (χ2n) is 6.98. The number of rotatable bonds is 9. The summed E-state index contributed by atoms with van der Waals surface area (Å²) in [4.78, 5) is 11.4. The molecule has 6 heteroatoms. The highest BCUT2D eigenvalue weighted by Crippen LogP contribution is 2.26. The Hall–Kier alpha value is -3.19. The standard InChI is InChI=1S/C24H26N2O4/c1-17-20(8-5-9-22(17)19-6-3-2-4-7-19)16-30-21-12-10-18(11-13-21)14-25-23(15-27)24(28)26-29/h2-13,23,25,27,29H,14-16H2,1H3,(H,26,28). The number of hydrogen-bond donors (Lipinski definition) is 4. The first kappa shape index (κ1) is 21.5. The molecule has 0 aromatic heterocycles. The van der Waals surface area contributed by atoms with Crippen LogP contribution >= 0.6 is 0 Å². The monoisotopic (exact) mass is 406 g/mol. The molecule has 0 spiro atoms. The number of carbonyl (C=O) groups is 1. The minimum absolute atomic E-state index is 0.372. The van der Waals surface area contributed by atoms with Crippen LogP contribution in [0.4, 0.5) is 0 Å². The van der Waals surface area contributed by atoms with E-state index in [1.54, 1.807) is 0 Å². The van der Waals surface area contributed by atoms with Crippen molar-refractivity contribution in [2.24, 2.45) is 0 Å². The lowest BCUT2D eigenvalue weighted by atomic mass is 9.97. The third-order valence-electron chi connectivity index (χ3n) is 5.01. The zero-order valence-corrected chi connectivity index (χ0v) is 16.8. The SMILES string of the molecule is Cc1c(COc2ccc(CNC(CO)C(=O)NO)cc2)cccc1-c1ccccc1. The summed E-state index contributed by atoms with van der Waals surface area (Å²) in [6, 6.07) is 23.2. The maximum atomic E-state index is 11.4. The molecular formula is C24H26N2O4. The van der Waals surface area contributed by atoms with Crippen LogP contribution in [0, 0.1) is 6.92 Å². The molecule has 6 nitrogen and oxygen atoms in total. The van der Waals surface area contributed by atoms with E-state index < -0.39 is 18.6 Å². The second kappa shape index (κ2) is 10.5. The number of amides is 1. The molecule has 0 aliphatic heterocycles. The lowest BCUT2D eigenvalue weighted by Gasteiger charge is -2.15. The Morgan fingerprint density at radius 3 is 2.40 bits per heavy atom. The Morgan fingerprint density at radius 1 is 1.00 bits per heavy atom. The van der Waals surface area contributed by atoms with E-state index >= 15 is 0 Å². The summed E-state index contributed by atoms with van der Waals surface area (Å²) in [7, 11) is 0. The average molecular weight is 406 g/mol. The third kappa shape index (κ3) is 5.45. The van der Waals surface area contributed by atoms with Gasteiger partial charge in [0.2, 0.25) is 0 Å². The number of aliphatic hydroxyl groups excluding tert-OH is 1. The van der Waals surface area contributed by atoms with Crippen molar-refractivity contribution in [3.63, 3.8) is 0 Å². The fourth-order valence-corrected chi connectivity index (χ4v) is 3.19. The van der Waals surface area contributed by atoms with Gasteiger partial charge in [-0.05, 0) is 46.9 Å². The zero-order chi connectivity index (χ0) is 21.3. The molecule has 0 fully saturated rings. The Balaban J connectivity index is 1.60. The summed E-state index contributed by atoms with van der Waals surface area (Å²) in [5.74, 6) is 0.0700. The maximum absolute atomic E-state index is 11.4. The number of ether oxygens (including phenoxy) is 1. The van der Waals surface area contributed by atoms with E-state index in [-0.39, 0.29) is 0 Å². The van der Waals surface area contributed by atoms with Crippen molar-refractivity contribution in [3.05, 3.63) is 89.5 Å². The van der Waals surface area contributed by atoms with Gasteiger partial charge < -0.3 is 9.84 Å². The first-order chi connectivity index (χ1) is 14.6. The third-order valence-corrected chi connectivity index (χ3v) is 5.01. The van der Waals surface area contributed by atoms with E-state index in [9.17, 15) is 9.90 Å². The first-order valence-corrected chi connectivity index (χ1v) is 9.76. The number of aliphatic hydroxyl groups is 1. The van der Waals surface area contributed by atoms with Crippen molar-refractivity contribution in [2.75, 3.05) is 6.61 Å². The van der Waals surface area contributed by atoms with Crippen molar-refractivity contribution >= 4 is 5.91 Å². The highest BCUT2D eigenvalue weighted by molar-refractivity contribution is 5.80. The predicted octanol–water partition coefficient (Wildman–Crippen LogP) is 3.20. The van der Waals surface area contributed by atoms with E-state index in [1.807, 2.05) is 48.5 Å². The molecule has 3 aromatic carbocycles. The Kier molecular flexibility index (Phi) is 7.57. The lowest BCUT2D eigenvalue weighted by Crippen LogP contribution is -2.45. The van der Waals surface area contributed by atoms with E-state index in [2.05, 4.69) is 36.5 Å². The molecule has 0 saturated carbocycles. The van der Waals surface area contributed by atoms with Crippen LogP contribution in [0.15, 0.2) is 72.8 Å². The minimum Gasteiger partial charge on any atom is -0.489 e. The summed E-state index contributed by atoms with van der Waals surface area (Å²) in [5.41, 5.74) is 7.16. The van der Waals surface area contributed by atoms with Gasteiger partial charge in [0, 0.05) is 6.54 Å². The number of benzene rings is 3. The minimum atomic E-state index is -0.870. The summed E-state index contributed by atoms with van der Waals surface area (Å²) in [6.45, 7) is 2.54. The fraction of sp³-hybridized carbons (Fsp3) is 0.208. The van der Waals surface area contributed by atoms with Crippen molar-refractivity contribution in [3.8, 4) is 16.9 Å². The molecule has 0 heterocycles. The van der Waals surface area contributed by atoms with Gasteiger partial charge in [-0.15, -0.1) is 0 Å². The Bertz CT molecular complexity index is 959. The quantitative estimate of drug-likeness (QED) is 0.324. The molecule has 0 aliphatic carbocycles. The smallest absolute Gasteiger partial charge is 0.262 e. The van der Waals surface area contributed by atoms with Crippen LogP contribution < -0.4 is 15.5 Å². The molecule has 0 bridgehead atoms. The Morgan fingerprint density at radius 2 is 1.73 bits per heavy atom. The van der Waals surface area contributed by atoms with Crippen LogP contribution in [-0.4, -0.2) is 28.9 Å². The lowest BCUT2D eigenvalue weighted by molar-refractivity contribution is -0.132. The molecule has 1 atom stereocenters.